The maximum atomic E-state index is 12.1. The Labute approximate surface area is 80.1 Å². The van der Waals surface area contributed by atoms with Crippen molar-refractivity contribution < 1.29 is 13.2 Å². The highest BCUT2D eigenvalue weighted by Crippen LogP contribution is 2.29. The van der Waals surface area contributed by atoms with Gasteiger partial charge in [0, 0.05) is 12.2 Å². The SMILES string of the molecule is CCNNc1ccc(C(F)(F)F)cc1. The van der Waals surface area contributed by atoms with E-state index in [4.69, 9.17) is 0 Å². The van der Waals surface area contributed by atoms with Gasteiger partial charge < -0.3 is 5.43 Å². The van der Waals surface area contributed by atoms with Gasteiger partial charge in [-0.25, -0.2) is 5.43 Å². The molecule has 1 aromatic carbocycles. The highest BCUT2D eigenvalue weighted by molar-refractivity contribution is 5.44. The van der Waals surface area contributed by atoms with Crippen LogP contribution < -0.4 is 10.9 Å². The Bertz CT molecular complexity index is 279. The zero-order valence-electron chi connectivity index (χ0n) is 7.65. The summed E-state index contributed by atoms with van der Waals surface area (Å²) in [5, 5.41) is 0. The van der Waals surface area contributed by atoms with Crippen molar-refractivity contribution in [3.63, 3.8) is 0 Å². The fourth-order valence-corrected chi connectivity index (χ4v) is 0.933. The number of anilines is 1. The van der Waals surface area contributed by atoms with E-state index in [1.54, 1.807) is 0 Å². The highest BCUT2D eigenvalue weighted by atomic mass is 19.4. The van der Waals surface area contributed by atoms with Gasteiger partial charge in [-0.1, -0.05) is 6.92 Å². The minimum atomic E-state index is -4.27. The lowest BCUT2D eigenvalue weighted by Crippen LogP contribution is -2.20. The maximum absolute atomic E-state index is 12.1. The molecule has 0 aromatic heterocycles. The maximum Gasteiger partial charge on any atom is 0.416 e. The predicted molar refractivity (Wildman–Crippen MR) is 48.7 cm³/mol. The number of hydrazine groups is 1. The van der Waals surface area contributed by atoms with Gasteiger partial charge in [-0.15, -0.1) is 0 Å². The lowest BCUT2D eigenvalue weighted by molar-refractivity contribution is -0.137. The van der Waals surface area contributed by atoms with Crippen molar-refractivity contribution in [2.45, 2.75) is 13.1 Å². The number of rotatable bonds is 3. The molecule has 1 aromatic rings. The third-order valence-electron chi connectivity index (χ3n) is 1.62. The standard InChI is InChI=1S/C9H11F3N2/c1-2-13-14-8-5-3-7(4-6-8)9(10,11)12/h3-6,13-14H,2H2,1H3. The molecule has 0 fully saturated rings. The van der Waals surface area contributed by atoms with Gasteiger partial charge in [0.2, 0.25) is 0 Å². The summed E-state index contributed by atoms with van der Waals surface area (Å²) in [5.41, 5.74) is 5.52. The largest absolute Gasteiger partial charge is 0.416 e. The summed E-state index contributed by atoms with van der Waals surface area (Å²) in [6, 6.07) is 4.84. The van der Waals surface area contributed by atoms with Crippen LogP contribution in [0, 0.1) is 0 Å². The molecular weight excluding hydrogens is 193 g/mol. The summed E-state index contributed by atoms with van der Waals surface area (Å²) in [4.78, 5) is 0. The third kappa shape index (κ3) is 2.92. The van der Waals surface area contributed by atoms with Crippen LogP contribution in [0.25, 0.3) is 0 Å². The average molecular weight is 204 g/mol. The summed E-state index contributed by atoms with van der Waals surface area (Å²) in [7, 11) is 0. The van der Waals surface area contributed by atoms with Crippen LogP contribution in [-0.4, -0.2) is 6.54 Å². The highest BCUT2D eigenvalue weighted by Gasteiger charge is 2.29. The summed E-state index contributed by atoms with van der Waals surface area (Å²) < 4.78 is 36.4. The molecule has 0 spiro atoms. The van der Waals surface area contributed by atoms with E-state index >= 15 is 0 Å². The summed E-state index contributed by atoms with van der Waals surface area (Å²) in [5.74, 6) is 0. The smallest absolute Gasteiger partial charge is 0.322 e. The summed E-state index contributed by atoms with van der Waals surface area (Å²) >= 11 is 0. The van der Waals surface area contributed by atoms with Crippen LogP contribution >= 0.6 is 0 Å². The van der Waals surface area contributed by atoms with E-state index < -0.39 is 11.7 Å². The second kappa shape index (κ2) is 4.32. The van der Waals surface area contributed by atoms with Crippen LogP contribution in [0.3, 0.4) is 0 Å². The molecule has 0 aliphatic rings. The molecule has 0 heterocycles. The van der Waals surface area contributed by atoms with Crippen LogP contribution in [-0.2, 0) is 6.18 Å². The second-order valence-corrected chi connectivity index (χ2v) is 2.73. The monoisotopic (exact) mass is 204 g/mol. The third-order valence-corrected chi connectivity index (χ3v) is 1.62. The normalized spacial score (nSPS) is 11.4. The lowest BCUT2D eigenvalue weighted by Gasteiger charge is -2.09. The number of benzene rings is 1. The van der Waals surface area contributed by atoms with Crippen molar-refractivity contribution in [3.8, 4) is 0 Å². The number of halogens is 3. The van der Waals surface area contributed by atoms with Gasteiger partial charge in [0.05, 0.1) is 5.56 Å². The Morgan fingerprint density at radius 3 is 2.14 bits per heavy atom. The quantitative estimate of drug-likeness (QED) is 0.739. The topological polar surface area (TPSA) is 24.1 Å². The van der Waals surface area contributed by atoms with E-state index in [0.29, 0.717) is 12.2 Å². The molecule has 0 saturated carbocycles. The van der Waals surface area contributed by atoms with E-state index in [-0.39, 0.29) is 0 Å². The van der Waals surface area contributed by atoms with Crippen molar-refractivity contribution >= 4 is 5.69 Å². The molecule has 5 heteroatoms. The molecule has 78 valence electrons. The zero-order valence-corrected chi connectivity index (χ0v) is 7.65. The molecule has 14 heavy (non-hydrogen) atoms. The van der Waals surface area contributed by atoms with Crippen LogP contribution in [0.15, 0.2) is 24.3 Å². The van der Waals surface area contributed by atoms with Gasteiger partial charge in [0.15, 0.2) is 0 Å². The predicted octanol–water partition coefficient (Wildman–Crippen LogP) is 2.64. The van der Waals surface area contributed by atoms with E-state index in [1.165, 1.54) is 12.1 Å². The number of hydrogen-bond donors (Lipinski definition) is 2. The van der Waals surface area contributed by atoms with Crippen LogP contribution in [0.1, 0.15) is 12.5 Å². The summed E-state index contributed by atoms with van der Waals surface area (Å²) in [6.07, 6.45) is -4.27. The first-order valence-electron chi connectivity index (χ1n) is 4.20. The van der Waals surface area contributed by atoms with Crippen LogP contribution in [0.2, 0.25) is 0 Å². The van der Waals surface area contributed by atoms with Gasteiger partial charge in [0.25, 0.3) is 0 Å². The molecule has 0 radical (unpaired) electrons. The Kier molecular flexibility index (Phi) is 3.35. The van der Waals surface area contributed by atoms with E-state index in [2.05, 4.69) is 10.9 Å². The molecule has 0 aliphatic heterocycles. The van der Waals surface area contributed by atoms with E-state index in [0.717, 1.165) is 12.1 Å². The van der Waals surface area contributed by atoms with Gasteiger partial charge in [-0.05, 0) is 24.3 Å². The van der Waals surface area contributed by atoms with E-state index in [1.807, 2.05) is 6.92 Å². The van der Waals surface area contributed by atoms with Gasteiger partial charge in [-0.2, -0.15) is 13.2 Å². The molecule has 0 saturated heterocycles. The van der Waals surface area contributed by atoms with Gasteiger partial charge in [0.1, 0.15) is 0 Å². The van der Waals surface area contributed by atoms with E-state index in [9.17, 15) is 13.2 Å². The van der Waals surface area contributed by atoms with Crippen LogP contribution in [0.4, 0.5) is 18.9 Å². The van der Waals surface area contributed by atoms with Crippen molar-refractivity contribution in [2.24, 2.45) is 0 Å². The molecule has 0 amide bonds. The number of hydrogen-bond acceptors (Lipinski definition) is 2. The molecule has 2 N–H and O–H groups in total. The van der Waals surface area contributed by atoms with Gasteiger partial charge in [-0.3, -0.25) is 0 Å². The second-order valence-electron chi connectivity index (χ2n) is 2.73. The Morgan fingerprint density at radius 1 is 1.14 bits per heavy atom. The fourth-order valence-electron chi connectivity index (χ4n) is 0.933. The molecule has 0 bridgehead atoms. The first-order chi connectivity index (χ1) is 6.54. The number of nitrogens with one attached hydrogen (secondary N) is 2. The molecule has 2 nitrogen and oxygen atoms in total. The van der Waals surface area contributed by atoms with Crippen molar-refractivity contribution in [1.29, 1.82) is 0 Å². The van der Waals surface area contributed by atoms with Gasteiger partial charge >= 0.3 is 6.18 Å². The minimum Gasteiger partial charge on any atom is -0.322 e. The number of alkyl halides is 3. The first-order valence-corrected chi connectivity index (χ1v) is 4.20. The molecular formula is C9H11F3N2. The zero-order chi connectivity index (χ0) is 10.6. The minimum absolute atomic E-state index is 0.611. The Balaban J connectivity index is 2.69. The fraction of sp³-hybridized carbons (Fsp3) is 0.333. The van der Waals surface area contributed by atoms with Crippen molar-refractivity contribution in [1.82, 2.24) is 5.43 Å². The molecule has 1 rings (SSSR count). The average Bonchev–Trinajstić information content (AvgIpc) is 2.14. The molecule has 0 atom stereocenters. The van der Waals surface area contributed by atoms with Crippen LogP contribution in [0.5, 0.6) is 0 Å². The molecule has 0 aliphatic carbocycles. The Morgan fingerprint density at radius 2 is 1.71 bits per heavy atom. The Hall–Kier alpha value is -1.23. The van der Waals surface area contributed by atoms with Crippen molar-refractivity contribution in [2.75, 3.05) is 12.0 Å². The lowest BCUT2D eigenvalue weighted by atomic mass is 10.2. The summed E-state index contributed by atoms with van der Waals surface area (Å²) in [6.45, 7) is 2.58. The first kappa shape index (κ1) is 10.8. The van der Waals surface area contributed by atoms with Crippen molar-refractivity contribution in [3.05, 3.63) is 29.8 Å². The molecule has 0 unspecified atom stereocenters.